The molecule has 1 saturated heterocycles. The molecule has 0 spiro atoms. The largest absolute Gasteiger partial charge is 0.480 e. The number of nitrogens with one attached hydrogen (secondary N) is 1. The van der Waals surface area contributed by atoms with Gasteiger partial charge in [-0.3, -0.25) is 9.59 Å². The maximum atomic E-state index is 11.8. The van der Waals surface area contributed by atoms with Crippen molar-refractivity contribution in [2.24, 2.45) is 0 Å². The third-order valence-corrected chi connectivity index (χ3v) is 2.97. The standard InChI is InChI=1S/C12H17N3O5/c13-14-7-8(16)4-5-9(12(18)19)15-11(17)10-3-1-2-6-20-10/h7,9-10H,1-6H2,(H,15,17)(H,18,19)/t9-,10-/m0/s1. The summed E-state index contributed by atoms with van der Waals surface area (Å²) < 4.78 is 5.26. The summed E-state index contributed by atoms with van der Waals surface area (Å²) >= 11 is 0. The number of hydrogen-bond acceptors (Lipinski definition) is 4. The van der Waals surface area contributed by atoms with Gasteiger partial charge in [0.05, 0.1) is 0 Å². The first-order valence-electron chi connectivity index (χ1n) is 6.39. The van der Waals surface area contributed by atoms with Gasteiger partial charge in [-0.05, 0) is 25.7 Å². The summed E-state index contributed by atoms with van der Waals surface area (Å²) in [7, 11) is 0. The summed E-state index contributed by atoms with van der Waals surface area (Å²) in [6, 6.07) is -1.16. The van der Waals surface area contributed by atoms with Gasteiger partial charge in [0.1, 0.15) is 12.1 Å². The summed E-state index contributed by atoms with van der Waals surface area (Å²) in [4.78, 5) is 36.6. The molecule has 0 saturated carbocycles. The van der Waals surface area contributed by atoms with Gasteiger partial charge in [0.15, 0.2) is 0 Å². The van der Waals surface area contributed by atoms with E-state index in [4.69, 9.17) is 15.4 Å². The summed E-state index contributed by atoms with van der Waals surface area (Å²) in [6.07, 6.45) is 2.19. The smallest absolute Gasteiger partial charge is 0.326 e. The lowest BCUT2D eigenvalue weighted by Crippen LogP contribution is -2.47. The van der Waals surface area contributed by atoms with Gasteiger partial charge in [-0.1, -0.05) is 0 Å². The zero-order valence-electron chi connectivity index (χ0n) is 10.9. The Morgan fingerprint density at radius 3 is 2.75 bits per heavy atom. The molecule has 0 aromatic carbocycles. The highest BCUT2D eigenvalue weighted by molar-refractivity contribution is 6.25. The second-order valence-corrected chi connectivity index (χ2v) is 4.50. The molecular formula is C12H17N3O5. The molecular weight excluding hydrogens is 266 g/mol. The van der Waals surface area contributed by atoms with E-state index in [-0.39, 0.29) is 12.8 Å². The van der Waals surface area contributed by atoms with Crippen LogP contribution in [-0.2, 0) is 19.1 Å². The SMILES string of the molecule is [N-]=[N+]=CC(=O)CC[C@H](NC(=O)[C@@H]1CCCCO1)C(=O)O. The van der Waals surface area contributed by atoms with Gasteiger partial charge in [-0.15, -0.1) is 0 Å². The van der Waals surface area contributed by atoms with Crippen LogP contribution in [-0.4, -0.2) is 52.5 Å². The van der Waals surface area contributed by atoms with Crippen molar-refractivity contribution in [2.45, 2.75) is 44.2 Å². The minimum atomic E-state index is -1.22. The average molecular weight is 283 g/mol. The first kappa shape index (κ1) is 16.0. The molecule has 1 heterocycles. The van der Waals surface area contributed by atoms with Crippen LogP contribution in [0.2, 0.25) is 0 Å². The van der Waals surface area contributed by atoms with E-state index in [0.29, 0.717) is 19.2 Å². The fraction of sp³-hybridized carbons (Fsp3) is 0.667. The van der Waals surface area contributed by atoms with Crippen molar-refractivity contribution in [1.82, 2.24) is 5.32 Å². The van der Waals surface area contributed by atoms with Gasteiger partial charge in [0, 0.05) is 13.0 Å². The number of carboxylic acid groups (broad SMARTS) is 1. The Morgan fingerprint density at radius 2 is 2.20 bits per heavy atom. The second kappa shape index (κ2) is 8.19. The first-order chi connectivity index (χ1) is 9.54. The first-order valence-corrected chi connectivity index (χ1v) is 6.39. The highest BCUT2D eigenvalue weighted by Crippen LogP contribution is 2.13. The van der Waals surface area contributed by atoms with Crippen LogP contribution in [0.15, 0.2) is 0 Å². The highest BCUT2D eigenvalue weighted by atomic mass is 16.5. The molecule has 1 fully saturated rings. The van der Waals surface area contributed by atoms with Gasteiger partial charge < -0.3 is 20.7 Å². The number of nitrogens with zero attached hydrogens (tertiary/aromatic N) is 2. The van der Waals surface area contributed by atoms with Gasteiger partial charge in [-0.2, -0.15) is 4.79 Å². The fourth-order valence-corrected chi connectivity index (χ4v) is 1.89. The maximum Gasteiger partial charge on any atom is 0.326 e. The number of rotatable bonds is 7. The van der Waals surface area contributed by atoms with E-state index < -0.39 is 29.8 Å². The Bertz CT molecular complexity index is 425. The van der Waals surface area contributed by atoms with Crippen LogP contribution in [0.25, 0.3) is 5.53 Å². The Morgan fingerprint density at radius 1 is 1.45 bits per heavy atom. The lowest BCUT2D eigenvalue weighted by atomic mass is 10.1. The number of aliphatic carboxylic acids is 1. The number of carbonyl (C=O) groups is 3. The normalized spacial score (nSPS) is 19.5. The average Bonchev–Trinajstić information content (AvgIpc) is 2.44. The molecule has 2 atom stereocenters. The van der Waals surface area contributed by atoms with Crippen molar-refractivity contribution >= 4 is 23.9 Å². The van der Waals surface area contributed by atoms with Crippen LogP contribution >= 0.6 is 0 Å². The Hall–Kier alpha value is -2.05. The van der Waals surface area contributed by atoms with Crippen LogP contribution in [0.3, 0.4) is 0 Å². The molecule has 8 heteroatoms. The van der Waals surface area contributed by atoms with Crippen LogP contribution < -0.4 is 5.32 Å². The van der Waals surface area contributed by atoms with Crippen LogP contribution in [0.5, 0.6) is 0 Å². The van der Waals surface area contributed by atoms with Crippen molar-refractivity contribution in [3.63, 3.8) is 0 Å². The van der Waals surface area contributed by atoms with Crippen molar-refractivity contribution in [3.8, 4) is 0 Å². The Kier molecular flexibility index (Phi) is 6.55. The number of hydrogen-bond donors (Lipinski definition) is 2. The summed E-state index contributed by atoms with van der Waals surface area (Å²) in [5, 5.41) is 11.4. The zero-order chi connectivity index (χ0) is 15.0. The van der Waals surface area contributed by atoms with E-state index in [0.717, 1.165) is 12.8 Å². The number of ketones is 1. The van der Waals surface area contributed by atoms with E-state index in [2.05, 4.69) is 10.1 Å². The molecule has 1 aliphatic heterocycles. The van der Waals surface area contributed by atoms with Crippen LogP contribution in [0, 0.1) is 0 Å². The minimum absolute atomic E-state index is 0.0708. The molecule has 1 aliphatic rings. The molecule has 2 N–H and O–H groups in total. The fourth-order valence-electron chi connectivity index (χ4n) is 1.89. The summed E-state index contributed by atoms with van der Waals surface area (Å²) in [5.74, 6) is -2.20. The van der Waals surface area contributed by atoms with E-state index in [9.17, 15) is 14.4 Å². The summed E-state index contributed by atoms with van der Waals surface area (Å²) in [6.45, 7) is 0.487. The number of Topliss-reactive ketones (excluding diaryl/α,β-unsaturated/α-hetero) is 1. The zero-order valence-corrected chi connectivity index (χ0v) is 10.9. The molecule has 0 aliphatic carbocycles. The predicted octanol–water partition coefficient (Wildman–Crippen LogP) is -0.225. The van der Waals surface area contributed by atoms with Crippen molar-refractivity contribution in [3.05, 3.63) is 5.53 Å². The molecule has 0 bridgehead atoms. The van der Waals surface area contributed by atoms with Crippen LogP contribution in [0.1, 0.15) is 32.1 Å². The lowest BCUT2D eigenvalue weighted by Gasteiger charge is -2.23. The van der Waals surface area contributed by atoms with Crippen LogP contribution in [0.4, 0.5) is 0 Å². The third kappa shape index (κ3) is 5.29. The molecule has 1 rings (SSSR count). The molecule has 1 amide bonds. The topological polar surface area (TPSA) is 129 Å². The lowest BCUT2D eigenvalue weighted by molar-refractivity contribution is -0.145. The third-order valence-electron chi connectivity index (χ3n) is 2.97. The Labute approximate surface area is 115 Å². The molecule has 0 aromatic rings. The molecule has 110 valence electrons. The minimum Gasteiger partial charge on any atom is -0.480 e. The maximum absolute atomic E-state index is 11.8. The summed E-state index contributed by atoms with van der Waals surface area (Å²) in [5.41, 5.74) is 8.17. The number of carbonyl (C=O) groups excluding carboxylic acids is 2. The number of amides is 1. The number of carboxylic acids is 1. The van der Waals surface area contributed by atoms with Gasteiger partial charge in [0.2, 0.25) is 11.7 Å². The van der Waals surface area contributed by atoms with Crippen molar-refractivity contribution in [2.75, 3.05) is 6.61 Å². The van der Waals surface area contributed by atoms with Gasteiger partial charge in [-0.25, -0.2) is 4.79 Å². The van der Waals surface area contributed by atoms with E-state index in [1.807, 2.05) is 0 Å². The van der Waals surface area contributed by atoms with Crippen molar-refractivity contribution < 1.29 is 29.0 Å². The monoisotopic (exact) mass is 283 g/mol. The van der Waals surface area contributed by atoms with Crippen molar-refractivity contribution in [1.29, 1.82) is 0 Å². The molecule has 0 radical (unpaired) electrons. The molecule has 20 heavy (non-hydrogen) atoms. The predicted molar refractivity (Wildman–Crippen MR) is 67.1 cm³/mol. The molecule has 0 unspecified atom stereocenters. The van der Waals surface area contributed by atoms with E-state index in [1.165, 1.54) is 0 Å². The van der Waals surface area contributed by atoms with Gasteiger partial charge >= 0.3 is 12.2 Å². The van der Waals surface area contributed by atoms with Gasteiger partial charge in [0.25, 0.3) is 0 Å². The molecule has 8 nitrogen and oxygen atoms in total. The quantitative estimate of drug-likeness (QED) is 0.379. The second-order valence-electron chi connectivity index (χ2n) is 4.50. The van der Waals surface area contributed by atoms with E-state index in [1.54, 1.807) is 0 Å². The number of ether oxygens (including phenoxy) is 1. The van der Waals surface area contributed by atoms with E-state index >= 15 is 0 Å². The highest BCUT2D eigenvalue weighted by Gasteiger charge is 2.27. The molecule has 0 aromatic heterocycles. The Balaban J connectivity index is 2.49.